The largest absolute Gasteiger partial charge is 0.506 e. The minimum absolute atomic E-state index is 0.0303. The molecule has 0 spiro atoms. The van der Waals surface area contributed by atoms with Gasteiger partial charge in [-0.3, -0.25) is 4.79 Å². The van der Waals surface area contributed by atoms with Crippen molar-refractivity contribution in [3.63, 3.8) is 0 Å². The predicted molar refractivity (Wildman–Crippen MR) is 100 cm³/mol. The van der Waals surface area contributed by atoms with Gasteiger partial charge in [0, 0.05) is 5.02 Å². The summed E-state index contributed by atoms with van der Waals surface area (Å²) in [5.74, 6) is 0.135. The minimum atomic E-state index is -0.389. The number of phenols is 1. The summed E-state index contributed by atoms with van der Waals surface area (Å²) >= 11 is 9.31. The molecule has 0 aliphatic heterocycles. The lowest BCUT2D eigenvalue weighted by Gasteiger charge is -2.20. The molecule has 0 aliphatic rings. The molecule has 2 rings (SSSR count). The van der Waals surface area contributed by atoms with Crippen molar-refractivity contribution in [2.45, 2.75) is 26.2 Å². The Morgan fingerprint density at radius 3 is 2.58 bits per heavy atom. The Morgan fingerprint density at radius 2 is 1.96 bits per heavy atom. The number of phenolic OH excluding ortho intramolecular Hbond substituents is 1. The van der Waals surface area contributed by atoms with Crippen molar-refractivity contribution >= 4 is 39.1 Å². The summed E-state index contributed by atoms with van der Waals surface area (Å²) in [5.41, 5.74) is 1.44. The summed E-state index contributed by atoms with van der Waals surface area (Å²) in [4.78, 5) is 12.0. The number of hydrogen-bond donors (Lipinski definition) is 2. The van der Waals surface area contributed by atoms with Crippen molar-refractivity contribution in [2.24, 2.45) is 0 Å². The standard InChI is InChI=1S/C18H19BrClNO3/c1-18(2,3)11-4-7-16(13(19)8-11)24-10-17(23)21-14-9-12(20)5-6-15(14)22/h4-9,22H,10H2,1-3H3,(H,21,23). The molecule has 0 radical (unpaired) electrons. The fraction of sp³-hybridized carbons (Fsp3) is 0.278. The van der Waals surface area contributed by atoms with E-state index >= 15 is 0 Å². The Labute approximate surface area is 154 Å². The quantitative estimate of drug-likeness (QED) is 0.685. The van der Waals surface area contributed by atoms with Gasteiger partial charge in [-0.2, -0.15) is 0 Å². The van der Waals surface area contributed by atoms with Crippen LogP contribution in [-0.4, -0.2) is 17.6 Å². The van der Waals surface area contributed by atoms with Gasteiger partial charge >= 0.3 is 0 Å². The monoisotopic (exact) mass is 411 g/mol. The third kappa shape index (κ3) is 4.89. The van der Waals surface area contributed by atoms with E-state index in [2.05, 4.69) is 42.0 Å². The number of amides is 1. The summed E-state index contributed by atoms with van der Waals surface area (Å²) in [6, 6.07) is 10.2. The number of ether oxygens (including phenoxy) is 1. The third-order valence-corrected chi connectivity index (χ3v) is 4.24. The van der Waals surface area contributed by atoms with Crippen LogP contribution in [0.3, 0.4) is 0 Å². The van der Waals surface area contributed by atoms with Crippen molar-refractivity contribution < 1.29 is 14.6 Å². The summed E-state index contributed by atoms with van der Waals surface area (Å²) in [6.07, 6.45) is 0. The first-order valence-corrected chi connectivity index (χ1v) is 8.55. The zero-order chi connectivity index (χ0) is 17.9. The maximum absolute atomic E-state index is 12.0. The number of rotatable bonds is 4. The first kappa shape index (κ1) is 18.6. The van der Waals surface area contributed by atoms with Crippen molar-refractivity contribution in [1.29, 1.82) is 0 Å². The molecule has 2 aromatic rings. The number of halogens is 2. The first-order valence-electron chi connectivity index (χ1n) is 7.38. The molecule has 2 N–H and O–H groups in total. The second kappa shape index (κ2) is 7.45. The van der Waals surface area contributed by atoms with Crippen LogP contribution >= 0.6 is 27.5 Å². The lowest BCUT2D eigenvalue weighted by Crippen LogP contribution is -2.20. The normalized spacial score (nSPS) is 11.2. The van der Waals surface area contributed by atoms with Crippen LogP contribution in [0.15, 0.2) is 40.9 Å². The minimum Gasteiger partial charge on any atom is -0.506 e. The fourth-order valence-electron chi connectivity index (χ4n) is 2.02. The van der Waals surface area contributed by atoms with E-state index in [4.69, 9.17) is 16.3 Å². The van der Waals surface area contributed by atoms with E-state index in [9.17, 15) is 9.90 Å². The van der Waals surface area contributed by atoms with Crippen LogP contribution in [0.25, 0.3) is 0 Å². The summed E-state index contributed by atoms with van der Waals surface area (Å²) in [7, 11) is 0. The van der Waals surface area contributed by atoms with Gasteiger partial charge in [0.2, 0.25) is 0 Å². The lowest BCUT2D eigenvalue weighted by atomic mass is 9.87. The summed E-state index contributed by atoms with van der Waals surface area (Å²) in [5, 5.41) is 12.7. The van der Waals surface area contributed by atoms with Crippen LogP contribution in [0, 0.1) is 0 Å². The van der Waals surface area contributed by atoms with E-state index < -0.39 is 0 Å². The zero-order valence-electron chi connectivity index (χ0n) is 13.7. The van der Waals surface area contributed by atoms with Crippen molar-refractivity contribution in [3.05, 3.63) is 51.5 Å². The molecule has 1 amide bonds. The van der Waals surface area contributed by atoms with Crippen LogP contribution in [0.1, 0.15) is 26.3 Å². The van der Waals surface area contributed by atoms with Gasteiger partial charge in [0.05, 0.1) is 10.2 Å². The van der Waals surface area contributed by atoms with Gasteiger partial charge in [-0.05, 0) is 57.2 Å². The highest BCUT2D eigenvalue weighted by Gasteiger charge is 2.16. The summed E-state index contributed by atoms with van der Waals surface area (Å²) < 4.78 is 6.32. The van der Waals surface area contributed by atoms with Crippen LogP contribution in [0.2, 0.25) is 5.02 Å². The third-order valence-electron chi connectivity index (χ3n) is 3.39. The molecule has 0 heterocycles. The Bertz CT molecular complexity index is 756. The van der Waals surface area contributed by atoms with E-state index in [1.807, 2.05) is 18.2 Å². The van der Waals surface area contributed by atoms with Crippen LogP contribution < -0.4 is 10.1 Å². The fourth-order valence-corrected chi connectivity index (χ4v) is 2.69. The topological polar surface area (TPSA) is 58.6 Å². The molecule has 0 unspecified atom stereocenters. The second-order valence-corrected chi connectivity index (χ2v) is 7.68. The van der Waals surface area contributed by atoms with E-state index in [1.165, 1.54) is 18.2 Å². The number of aromatic hydroxyl groups is 1. The van der Waals surface area contributed by atoms with Crippen molar-refractivity contribution in [3.8, 4) is 11.5 Å². The number of anilines is 1. The molecule has 24 heavy (non-hydrogen) atoms. The average Bonchev–Trinajstić information content (AvgIpc) is 2.48. The first-order chi connectivity index (χ1) is 11.2. The lowest BCUT2D eigenvalue weighted by molar-refractivity contribution is -0.118. The molecule has 0 saturated heterocycles. The van der Waals surface area contributed by atoms with Gasteiger partial charge in [0.1, 0.15) is 11.5 Å². The molecule has 2 aromatic carbocycles. The maximum atomic E-state index is 12.0. The highest BCUT2D eigenvalue weighted by atomic mass is 79.9. The maximum Gasteiger partial charge on any atom is 0.262 e. The van der Waals surface area contributed by atoms with Crippen LogP contribution in [-0.2, 0) is 10.2 Å². The van der Waals surface area contributed by atoms with Gasteiger partial charge in [-0.1, -0.05) is 38.4 Å². The molecular formula is C18H19BrClNO3. The van der Waals surface area contributed by atoms with Crippen molar-refractivity contribution in [2.75, 3.05) is 11.9 Å². The Hall–Kier alpha value is -1.72. The molecule has 0 bridgehead atoms. The number of carbonyl (C=O) groups excluding carboxylic acids is 1. The van der Waals surface area contributed by atoms with Gasteiger partial charge in [0.15, 0.2) is 6.61 Å². The van der Waals surface area contributed by atoms with Gasteiger partial charge < -0.3 is 15.2 Å². The zero-order valence-corrected chi connectivity index (χ0v) is 16.0. The van der Waals surface area contributed by atoms with E-state index in [1.54, 1.807) is 0 Å². The van der Waals surface area contributed by atoms with Crippen molar-refractivity contribution in [1.82, 2.24) is 0 Å². The van der Waals surface area contributed by atoms with Gasteiger partial charge in [-0.15, -0.1) is 0 Å². The van der Waals surface area contributed by atoms with Crippen LogP contribution in [0.4, 0.5) is 5.69 Å². The predicted octanol–water partition coefficient (Wildman–Crippen LogP) is 5.12. The number of nitrogens with one attached hydrogen (secondary N) is 1. The number of carbonyl (C=O) groups is 1. The molecule has 0 saturated carbocycles. The molecule has 128 valence electrons. The Kier molecular flexibility index (Phi) is 5.78. The molecule has 6 heteroatoms. The molecule has 0 atom stereocenters. The highest BCUT2D eigenvalue weighted by Crippen LogP contribution is 2.31. The van der Waals surface area contributed by atoms with Gasteiger partial charge in [-0.25, -0.2) is 0 Å². The molecule has 4 nitrogen and oxygen atoms in total. The van der Waals surface area contributed by atoms with E-state index in [-0.39, 0.29) is 29.4 Å². The number of hydrogen-bond acceptors (Lipinski definition) is 3. The second-order valence-electron chi connectivity index (χ2n) is 6.39. The summed E-state index contributed by atoms with van der Waals surface area (Å²) in [6.45, 7) is 6.19. The SMILES string of the molecule is CC(C)(C)c1ccc(OCC(=O)Nc2cc(Cl)ccc2O)c(Br)c1. The smallest absolute Gasteiger partial charge is 0.262 e. The molecule has 0 aromatic heterocycles. The van der Waals surface area contributed by atoms with E-state index in [0.717, 1.165) is 10.0 Å². The van der Waals surface area contributed by atoms with E-state index in [0.29, 0.717) is 10.8 Å². The average molecular weight is 413 g/mol. The van der Waals surface area contributed by atoms with Gasteiger partial charge in [0.25, 0.3) is 5.91 Å². The Morgan fingerprint density at radius 1 is 1.25 bits per heavy atom. The number of benzene rings is 2. The molecule has 0 aliphatic carbocycles. The highest BCUT2D eigenvalue weighted by molar-refractivity contribution is 9.10. The Balaban J connectivity index is 2.00. The molecule has 0 fully saturated rings. The van der Waals surface area contributed by atoms with Crippen LogP contribution in [0.5, 0.6) is 11.5 Å². The molecular weight excluding hydrogens is 394 g/mol.